The molecular formula is C20H21ClFN7O. The number of benzene rings is 1. The Morgan fingerprint density at radius 3 is 2.97 bits per heavy atom. The van der Waals surface area contributed by atoms with Crippen molar-refractivity contribution in [3.8, 4) is 11.3 Å². The fourth-order valence-corrected chi connectivity index (χ4v) is 4.04. The molecular weight excluding hydrogens is 409 g/mol. The first-order valence-corrected chi connectivity index (χ1v) is 10.2. The minimum atomic E-state index is -0.537. The number of halogens is 2. The summed E-state index contributed by atoms with van der Waals surface area (Å²) in [6.07, 6.45) is 8.85. The van der Waals surface area contributed by atoms with Crippen LogP contribution in [0.5, 0.6) is 0 Å². The Labute approximate surface area is 176 Å². The lowest BCUT2D eigenvalue weighted by atomic mass is 10.1. The van der Waals surface area contributed by atoms with Crippen molar-refractivity contribution in [1.82, 2.24) is 24.6 Å². The number of H-pyrrole nitrogens is 1. The van der Waals surface area contributed by atoms with Gasteiger partial charge in [0.2, 0.25) is 0 Å². The molecule has 3 aromatic heterocycles. The molecule has 30 heavy (non-hydrogen) atoms. The van der Waals surface area contributed by atoms with E-state index in [9.17, 15) is 0 Å². The van der Waals surface area contributed by atoms with Gasteiger partial charge in [0.1, 0.15) is 12.0 Å². The second-order valence-electron chi connectivity index (χ2n) is 7.65. The number of aromatic amines is 1. The molecule has 0 aliphatic carbocycles. The number of hydrogen-bond donors (Lipinski definition) is 3. The van der Waals surface area contributed by atoms with Gasteiger partial charge in [0, 0.05) is 29.8 Å². The first-order chi connectivity index (χ1) is 14.5. The maximum absolute atomic E-state index is 15.1. The van der Waals surface area contributed by atoms with Gasteiger partial charge in [-0.2, -0.15) is 5.10 Å². The smallest absolute Gasteiger partial charge is 0.167 e. The van der Waals surface area contributed by atoms with Crippen LogP contribution in [0.3, 0.4) is 0 Å². The Hall–Kier alpha value is -2.91. The SMILES string of the molecule is CC(C)Nc1c(F)c(Cl)c(-c2cn3cc(NC4CCCO4)nc3cn2)c2cn[nH]c12. The van der Waals surface area contributed by atoms with Gasteiger partial charge in [-0.3, -0.25) is 10.1 Å². The van der Waals surface area contributed by atoms with Crippen LogP contribution in [0.4, 0.5) is 15.9 Å². The van der Waals surface area contributed by atoms with Gasteiger partial charge >= 0.3 is 0 Å². The van der Waals surface area contributed by atoms with Gasteiger partial charge < -0.3 is 19.8 Å². The lowest BCUT2D eigenvalue weighted by molar-refractivity contribution is 0.131. The highest BCUT2D eigenvalue weighted by Crippen LogP contribution is 2.40. The van der Waals surface area contributed by atoms with E-state index in [0.717, 1.165) is 19.4 Å². The van der Waals surface area contributed by atoms with Crippen molar-refractivity contribution in [2.45, 2.75) is 39.0 Å². The first-order valence-electron chi connectivity index (χ1n) is 9.85. The van der Waals surface area contributed by atoms with Gasteiger partial charge in [0.05, 0.1) is 40.5 Å². The van der Waals surface area contributed by atoms with Gasteiger partial charge in [0.25, 0.3) is 0 Å². The quantitative estimate of drug-likeness (QED) is 0.434. The molecule has 4 heterocycles. The number of anilines is 2. The average Bonchev–Trinajstić information content (AvgIpc) is 3.45. The third kappa shape index (κ3) is 3.23. The molecule has 1 fully saturated rings. The highest BCUT2D eigenvalue weighted by Gasteiger charge is 2.23. The van der Waals surface area contributed by atoms with Crippen LogP contribution < -0.4 is 10.6 Å². The summed E-state index contributed by atoms with van der Waals surface area (Å²) >= 11 is 6.47. The molecule has 0 amide bonds. The highest BCUT2D eigenvalue weighted by atomic mass is 35.5. The Bertz CT molecular complexity index is 1230. The van der Waals surface area contributed by atoms with Crippen LogP contribution in [0, 0.1) is 5.82 Å². The van der Waals surface area contributed by atoms with Crippen molar-refractivity contribution in [2.75, 3.05) is 17.2 Å². The minimum absolute atomic E-state index is 0.00304. The number of imidazole rings is 1. The number of nitrogens with one attached hydrogen (secondary N) is 3. The second-order valence-corrected chi connectivity index (χ2v) is 8.02. The zero-order valence-corrected chi connectivity index (χ0v) is 17.3. The summed E-state index contributed by atoms with van der Waals surface area (Å²) in [6.45, 7) is 4.61. The van der Waals surface area contributed by atoms with Crippen molar-refractivity contribution in [1.29, 1.82) is 0 Å². The van der Waals surface area contributed by atoms with E-state index in [1.807, 2.05) is 24.4 Å². The van der Waals surface area contributed by atoms with Crippen molar-refractivity contribution in [2.24, 2.45) is 0 Å². The number of hydrogen-bond acceptors (Lipinski definition) is 6. The van der Waals surface area contributed by atoms with E-state index in [2.05, 4.69) is 30.8 Å². The average molecular weight is 430 g/mol. The molecule has 1 unspecified atom stereocenters. The molecule has 156 valence electrons. The molecule has 4 aromatic rings. The maximum Gasteiger partial charge on any atom is 0.167 e. The summed E-state index contributed by atoms with van der Waals surface area (Å²) < 4.78 is 22.6. The molecule has 1 atom stereocenters. The van der Waals surface area contributed by atoms with E-state index in [-0.39, 0.29) is 17.3 Å². The second kappa shape index (κ2) is 7.41. The maximum atomic E-state index is 15.1. The van der Waals surface area contributed by atoms with Crippen molar-refractivity contribution in [3.63, 3.8) is 0 Å². The molecule has 8 nitrogen and oxygen atoms in total. The summed E-state index contributed by atoms with van der Waals surface area (Å²) in [5.74, 6) is 0.161. The Kier molecular flexibility index (Phi) is 4.71. The first kappa shape index (κ1) is 19.1. The van der Waals surface area contributed by atoms with Crippen molar-refractivity contribution >= 4 is 39.7 Å². The van der Waals surface area contributed by atoms with E-state index in [4.69, 9.17) is 16.3 Å². The largest absolute Gasteiger partial charge is 0.379 e. The molecule has 1 aliphatic heterocycles. The summed E-state index contributed by atoms with van der Waals surface area (Å²) in [6, 6.07) is 0.0307. The van der Waals surface area contributed by atoms with E-state index in [1.165, 1.54) is 0 Å². The predicted molar refractivity (Wildman–Crippen MR) is 114 cm³/mol. The summed E-state index contributed by atoms with van der Waals surface area (Å²) in [7, 11) is 0. The molecule has 5 rings (SSSR count). The van der Waals surface area contributed by atoms with Crippen molar-refractivity contribution in [3.05, 3.63) is 35.6 Å². The van der Waals surface area contributed by atoms with E-state index in [1.54, 1.807) is 18.6 Å². The highest BCUT2D eigenvalue weighted by molar-refractivity contribution is 6.35. The lowest BCUT2D eigenvalue weighted by Crippen LogP contribution is -2.17. The fourth-order valence-electron chi connectivity index (χ4n) is 3.74. The Morgan fingerprint density at radius 1 is 1.33 bits per heavy atom. The lowest BCUT2D eigenvalue weighted by Gasteiger charge is -2.15. The molecule has 0 bridgehead atoms. The van der Waals surface area contributed by atoms with Crippen LogP contribution in [0.25, 0.3) is 27.8 Å². The molecule has 0 radical (unpaired) electrons. The van der Waals surface area contributed by atoms with Crippen LogP contribution in [-0.2, 0) is 4.74 Å². The van der Waals surface area contributed by atoms with Crippen LogP contribution in [0.1, 0.15) is 26.7 Å². The number of fused-ring (bicyclic) bond motifs is 2. The van der Waals surface area contributed by atoms with E-state index in [0.29, 0.717) is 39.3 Å². The minimum Gasteiger partial charge on any atom is -0.379 e. The number of aromatic nitrogens is 5. The van der Waals surface area contributed by atoms with Crippen LogP contribution in [-0.4, -0.2) is 43.4 Å². The number of ether oxygens (including phenoxy) is 1. The van der Waals surface area contributed by atoms with E-state index >= 15 is 4.39 Å². The molecule has 1 saturated heterocycles. The predicted octanol–water partition coefficient (Wildman–Crippen LogP) is 4.43. The Morgan fingerprint density at radius 2 is 2.20 bits per heavy atom. The number of nitrogens with zero attached hydrogens (tertiary/aromatic N) is 4. The summed E-state index contributed by atoms with van der Waals surface area (Å²) in [4.78, 5) is 9.01. The normalized spacial score (nSPS) is 16.8. The number of rotatable bonds is 5. The zero-order chi connectivity index (χ0) is 20.8. The molecule has 0 spiro atoms. The summed E-state index contributed by atoms with van der Waals surface area (Å²) in [5, 5.41) is 14.0. The van der Waals surface area contributed by atoms with Crippen molar-refractivity contribution < 1.29 is 9.13 Å². The third-order valence-electron chi connectivity index (χ3n) is 5.06. The van der Waals surface area contributed by atoms with Crippen LogP contribution in [0.15, 0.2) is 24.8 Å². The monoisotopic (exact) mass is 429 g/mol. The zero-order valence-electron chi connectivity index (χ0n) is 16.5. The van der Waals surface area contributed by atoms with Gasteiger partial charge in [-0.25, -0.2) is 9.37 Å². The van der Waals surface area contributed by atoms with Gasteiger partial charge in [0.15, 0.2) is 11.5 Å². The topological polar surface area (TPSA) is 92.2 Å². The van der Waals surface area contributed by atoms with Crippen LogP contribution in [0.2, 0.25) is 5.02 Å². The molecule has 0 saturated carbocycles. The molecule has 1 aliphatic rings. The van der Waals surface area contributed by atoms with Gasteiger partial charge in [-0.15, -0.1) is 0 Å². The summed E-state index contributed by atoms with van der Waals surface area (Å²) in [5.41, 5.74) is 2.52. The Balaban J connectivity index is 1.59. The van der Waals surface area contributed by atoms with E-state index < -0.39 is 5.82 Å². The third-order valence-corrected chi connectivity index (χ3v) is 5.41. The fraction of sp³-hybridized carbons (Fsp3) is 0.350. The molecule has 10 heteroatoms. The van der Waals surface area contributed by atoms with Gasteiger partial charge in [-0.1, -0.05) is 11.6 Å². The standard InChI is InChI=1S/C20H21ClFN7O/c1-10(2)25-20-18(22)17(21)16(11-6-24-28-19(11)20)12-8-29-9-13(26-14(29)7-23-12)27-15-4-3-5-30-15/h6-10,15,25,27H,3-5H2,1-2H3,(H,24,28). The molecule has 1 aromatic carbocycles. The van der Waals surface area contributed by atoms with Gasteiger partial charge in [-0.05, 0) is 26.7 Å². The van der Waals surface area contributed by atoms with Crippen LogP contribution >= 0.6 is 11.6 Å². The molecule has 3 N–H and O–H groups in total.